The summed E-state index contributed by atoms with van der Waals surface area (Å²) < 4.78 is 0. The molecule has 0 spiro atoms. The van der Waals surface area contributed by atoms with Crippen LogP contribution in [0.1, 0.15) is 6.42 Å². The number of nitrogens with one attached hydrogen (secondary N) is 1. The summed E-state index contributed by atoms with van der Waals surface area (Å²) in [4.78, 5) is 22.8. The molecule has 1 rings (SSSR count). The first-order chi connectivity index (χ1) is 5.70. The Balaban J connectivity index is 2.47. The van der Waals surface area contributed by atoms with E-state index in [0.29, 0.717) is 6.54 Å². The first-order valence-electron chi connectivity index (χ1n) is 3.90. The molecule has 1 aliphatic heterocycles. The lowest BCUT2D eigenvalue weighted by Gasteiger charge is -2.16. The number of carboxylic acid groups (broad SMARTS) is 1. The van der Waals surface area contributed by atoms with Crippen molar-refractivity contribution in [3.63, 3.8) is 0 Å². The van der Waals surface area contributed by atoms with Gasteiger partial charge in [0.25, 0.3) is 0 Å². The quantitative estimate of drug-likeness (QED) is 0.554. The molecule has 1 fully saturated rings. The molecule has 1 amide bonds. The Labute approximate surface area is 70.4 Å². The lowest BCUT2D eigenvalue weighted by atomic mass is 10.4. The summed E-state index contributed by atoms with van der Waals surface area (Å²) in [5, 5.41) is 11.4. The summed E-state index contributed by atoms with van der Waals surface area (Å²) in [5.74, 6) is -1.08. The maximum atomic E-state index is 11.1. The van der Waals surface area contributed by atoms with Crippen molar-refractivity contribution >= 4 is 11.9 Å². The number of hydrogen-bond acceptors (Lipinski definition) is 3. The molecule has 0 aromatic rings. The first-order valence-corrected chi connectivity index (χ1v) is 3.90. The number of hydrogen-bond donors (Lipinski definition) is 2. The van der Waals surface area contributed by atoms with Crippen LogP contribution in [-0.2, 0) is 9.59 Å². The Morgan fingerprint density at radius 3 is 3.08 bits per heavy atom. The fraction of sp³-hybridized carbons (Fsp3) is 0.714. The number of nitrogens with zero attached hydrogens (tertiary/aromatic N) is 1. The van der Waals surface area contributed by atoms with Crippen molar-refractivity contribution in [2.45, 2.75) is 6.42 Å². The lowest BCUT2D eigenvalue weighted by Crippen LogP contribution is -2.38. The highest BCUT2D eigenvalue weighted by Gasteiger charge is 2.17. The van der Waals surface area contributed by atoms with Gasteiger partial charge >= 0.3 is 5.97 Å². The molecule has 1 saturated heterocycles. The van der Waals surface area contributed by atoms with Gasteiger partial charge in [0, 0.05) is 6.54 Å². The van der Waals surface area contributed by atoms with Gasteiger partial charge in [0.15, 0.2) is 0 Å². The Kier molecular flexibility index (Phi) is 3.04. The fourth-order valence-electron chi connectivity index (χ4n) is 1.16. The second kappa shape index (κ2) is 4.06. The zero-order valence-electron chi connectivity index (χ0n) is 6.75. The van der Waals surface area contributed by atoms with Gasteiger partial charge in [-0.05, 0) is 13.0 Å². The number of amides is 1. The van der Waals surface area contributed by atoms with Crippen LogP contribution in [0, 0.1) is 0 Å². The normalized spacial score (nSPS) is 19.0. The zero-order chi connectivity index (χ0) is 8.97. The van der Waals surface area contributed by atoms with E-state index >= 15 is 0 Å². The largest absolute Gasteiger partial charge is 0.480 e. The van der Waals surface area contributed by atoms with Crippen molar-refractivity contribution < 1.29 is 14.7 Å². The van der Waals surface area contributed by atoms with E-state index in [1.54, 1.807) is 0 Å². The Bertz CT molecular complexity index is 193. The second-order valence-corrected chi connectivity index (χ2v) is 2.74. The van der Waals surface area contributed by atoms with Crippen molar-refractivity contribution in [1.82, 2.24) is 10.2 Å². The van der Waals surface area contributed by atoms with Crippen LogP contribution in [0.2, 0.25) is 0 Å². The molecule has 0 unspecified atom stereocenters. The third kappa shape index (κ3) is 2.50. The number of carbonyl (C=O) groups is 2. The molecule has 5 heteroatoms. The van der Waals surface area contributed by atoms with Crippen LogP contribution in [0.4, 0.5) is 0 Å². The van der Waals surface area contributed by atoms with Gasteiger partial charge in [0.05, 0.1) is 6.54 Å². The van der Waals surface area contributed by atoms with Crippen molar-refractivity contribution in [2.75, 3.05) is 26.2 Å². The van der Waals surface area contributed by atoms with Gasteiger partial charge in [0.1, 0.15) is 6.54 Å². The highest BCUT2D eigenvalue weighted by molar-refractivity contribution is 5.82. The third-order valence-electron chi connectivity index (χ3n) is 1.74. The molecule has 0 radical (unpaired) electrons. The van der Waals surface area contributed by atoms with E-state index in [1.807, 2.05) is 0 Å². The van der Waals surface area contributed by atoms with Gasteiger partial charge < -0.3 is 15.3 Å². The molecular weight excluding hydrogens is 160 g/mol. The number of aliphatic carboxylic acids is 1. The predicted octanol–water partition coefficient (Wildman–Crippen LogP) is -1.11. The van der Waals surface area contributed by atoms with Crippen molar-refractivity contribution in [3.05, 3.63) is 0 Å². The predicted molar refractivity (Wildman–Crippen MR) is 41.7 cm³/mol. The van der Waals surface area contributed by atoms with Gasteiger partial charge in [-0.3, -0.25) is 9.59 Å². The van der Waals surface area contributed by atoms with E-state index in [1.165, 1.54) is 4.90 Å². The molecule has 12 heavy (non-hydrogen) atoms. The van der Waals surface area contributed by atoms with Crippen LogP contribution in [0.25, 0.3) is 0 Å². The molecule has 2 N–H and O–H groups in total. The summed E-state index contributed by atoms with van der Waals surface area (Å²) in [5.41, 5.74) is 0. The van der Waals surface area contributed by atoms with E-state index in [2.05, 4.69) is 5.32 Å². The zero-order valence-corrected chi connectivity index (χ0v) is 6.75. The summed E-state index contributed by atoms with van der Waals surface area (Å²) in [7, 11) is 0. The van der Waals surface area contributed by atoms with Crippen molar-refractivity contribution in [3.8, 4) is 0 Å². The van der Waals surface area contributed by atoms with Crippen LogP contribution in [0.5, 0.6) is 0 Å². The molecule has 1 aliphatic rings. The smallest absolute Gasteiger partial charge is 0.323 e. The summed E-state index contributed by atoms with van der Waals surface area (Å²) in [6.45, 7) is 1.40. The second-order valence-electron chi connectivity index (χ2n) is 2.74. The molecule has 0 atom stereocenters. The molecule has 0 aliphatic carbocycles. The minimum atomic E-state index is -0.953. The number of carboxylic acids is 1. The Hall–Kier alpha value is -1.10. The minimum Gasteiger partial charge on any atom is -0.480 e. The summed E-state index contributed by atoms with van der Waals surface area (Å²) in [6, 6.07) is 0. The van der Waals surface area contributed by atoms with Crippen LogP contribution >= 0.6 is 0 Å². The Morgan fingerprint density at radius 1 is 1.67 bits per heavy atom. The highest BCUT2D eigenvalue weighted by Crippen LogP contribution is 1.95. The molecule has 0 saturated carbocycles. The molecule has 5 nitrogen and oxygen atoms in total. The van der Waals surface area contributed by atoms with Crippen LogP contribution < -0.4 is 5.32 Å². The van der Waals surface area contributed by atoms with E-state index in [4.69, 9.17) is 5.11 Å². The minimum absolute atomic E-state index is 0.130. The summed E-state index contributed by atoms with van der Waals surface area (Å²) in [6.07, 6.45) is 0.818. The lowest BCUT2D eigenvalue weighted by molar-refractivity contribution is -0.143. The van der Waals surface area contributed by atoms with Crippen LogP contribution in [0.3, 0.4) is 0 Å². The molecule has 0 aromatic carbocycles. The molecule has 1 heterocycles. The van der Waals surface area contributed by atoms with Crippen molar-refractivity contribution in [1.29, 1.82) is 0 Å². The van der Waals surface area contributed by atoms with E-state index < -0.39 is 5.97 Å². The number of carbonyl (C=O) groups excluding carboxylic acids is 1. The third-order valence-corrected chi connectivity index (χ3v) is 1.74. The average Bonchev–Trinajstić information content (AvgIpc) is 2.16. The summed E-state index contributed by atoms with van der Waals surface area (Å²) >= 11 is 0. The SMILES string of the molecule is O=C(O)CN1CCCNCC1=O. The van der Waals surface area contributed by atoms with Gasteiger partial charge in [-0.15, -0.1) is 0 Å². The number of rotatable bonds is 2. The topological polar surface area (TPSA) is 69.6 Å². The van der Waals surface area contributed by atoms with Crippen LogP contribution in [0.15, 0.2) is 0 Å². The van der Waals surface area contributed by atoms with E-state index in [9.17, 15) is 9.59 Å². The molecule has 68 valence electrons. The van der Waals surface area contributed by atoms with Gasteiger partial charge in [0.2, 0.25) is 5.91 Å². The van der Waals surface area contributed by atoms with Gasteiger partial charge in [-0.1, -0.05) is 0 Å². The standard InChI is InChI=1S/C7H12N2O3/c10-6-4-8-2-1-3-9(6)5-7(11)12/h8H,1-5H2,(H,11,12). The first kappa shape index (κ1) is 8.99. The highest BCUT2D eigenvalue weighted by atomic mass is 16.4. The maximum absolute atomic E-state index is 11.1. The van der Waals surface area contributed by atoms with Gasteiger partial charge in [-0.25, -0.2) is 0 Å². The molecule has 0 aromatic heterocycles. The van der Waals surface area contributed by atoms with Gasteiger partial charge in [-0.2, -0.15) is 0 Å². The molecule has 0 bridgehead atoms. The van der Waals surface area contributed by atoms with E-state index in [0.717, 1.165) is 13.0 Å². The maximum Gasteiger partial charge on any atom is 0.323 e. The molecular formula is C7H12N2O3. The monoisotopic (exact) mass is 172 g/mol. The average molecular weight is 172 g/mol. The van der Waals surface area contributed by atoms with E-state index in [-0.39, 0.29) is 19.0 Å². The van der Waals surface area contributed by atoms with Crippen LogP contribution in [-0.4, -0.2) is 48.1 Å². The fourth-order valence-corrected chi connectivity index (χ4v) is 1.16. The van der Waals surface area contributed by atoms with Crippen molar-refractivity contribution in [2.24, 2.45) is 0 Å². The Morgan fingerprint density at radius 2 is 2.42 bits per heavy atom.